The number of carbonyl (C=O) groups is 1. The monoisotopic (exact) mass is 237 g/mol. The van der Waals surface area contributed by atoms with Gasteiger partial charge in [0.15, 0.2) is 0 Å². The molecule has 0 aliphatic heterocycles. The van der Waals surface area contributed by atoms with Crippen molar-refractivity contribution in [1.29, 1.82) is 0 Å². The van der Waals surface area contributed by atoms with Gasteiger partial charge in [-0.05, 0) is 37.0 Å². The van der Waals surface area contributed by atoms with Crippen molar-refractivity contribution in [2.75, 3.05) is 7.11 Å². The standard InChI is InChI=1S/C13H19NO3/c1-17-11-8-6-10(7-9-11)4-2-3-5-12(14)13(15)16/h6-9,12H,2-5,14H2,1H3,(H,15,16)/t12-/m1/s1. The zero-order valence-electron chi connectivity index (χ0n) is 10.1. The van der Waals surface area contributed by atoms with Gasteiger partial charge in [-0.2, -0.15) is 0 Å². The van der Waals surface area contributed by atoms with Gasteiger partial charge in [0.05, 0.1) is 7.11 Å². The highest BCUT2D eigenvalue weighted by atomic mass is 16.5. The Bertz CT molecular complexity index is 348. The number of rotatable bonds is 7. The van der Waals surface area contributed by atoms with E-state index < -0.39 is 12.0 Å². The third kappa shape index (κ3) is 4.87. The molecule has 1 rings (SSSR count). The fraction of sp³-hybridized carbons (Fsp3) is 0.462. The molecule has 0 fully saturated rings. The second kappa shape index (κ2) is 6.91. The van der Waals surface area contributed by atoms with E-state index in [9.17, 15) is 4.79 Å². The van der Waals surface area contributed by atoms with E-state index in [1.54, 1.807) is 7.11 Å². The third-order valence-electron chi connectivity index (χ3n) is 2.71. The Morgan fingerprint density at radius 3 is 2.53 bits per heavy atom. The van der Waals surface area contributed by atoms with Crippen molar-refractivity contribution in [2.24, 2.45) is 5.73 Å². The van der Waals surface area contributed by atoms with E-state index in [0.717, 1.165) is 25.0 Å². The van der Waals surface area contributed by atoms with Crippen molar-refractivity contribution in [2.45, 2.75) is 31.7 Å². The number of hydrogen-bond donors (Lipinski definition) is 2. The first-order chi connectivity index (χ1) is 8.13. The highest BCUT2D eigenvalue weighted by molar-refractivity contribution is 5.72. The van der Waals surface area contributed by atoms with Crippen molar-refractivity contribution < 1.29 is 14.6 Å². The number of nitrogens with two attached hydrogens (primary N) is 1. The number of unbranched alkanes of at least 4 members (excludes halogenated alkanes) is 1. The molecule has 4 nitrogen and oxygen atoms in total. The lowest BCUT2D eigenvalue weighted by Gasteiger charge is -2.06. The number of ether oxygens (including phenoxy) is 1. The van der Waals surface area contributed by atoms with E-state index in [0.29, 0.717) is 6.42 Å². The SMILES string of the molecule is COc1ccc(CCCC[C@@H](N)C(=O)O)cc1. The largest absolute Gasteiger partial charge is 0.497 e. The molecular formula is C13H19NO3. The fourth-order valence-corrected chi connectivity index (χ4v) is 1.61. The Hall–Kier alpha value is -1.55. The first kappa shape index (κ1) is 13.5. The van der Waals surface area contributed by atoms with E-state index in [4.69, 9.17) is 15.6 Å². The second-order valence-corrected chi connectivity index (χ2v) is 4.04. The lowest BCUT2D eigenvalue weighted by molar-refractivity contribution is -0.138. The maximum Gasteiger partial charge on any atom is 0.320 e. The van der Waals surface area contributed by atoms with Crippen LogP contribution in [0.5, 0.6) is 5.75 Å². The molecule has 3 N–H and O–H groups in total. The van der Waals surface area contributed by atoms with Crippen LogP contribution in [0.15, 0.2) is 24.3 Å². The molecule has 94 valence electrons. The van der Waals surface area contributed by atoms with Crippen molar-refractivity contribution in [3.05, 3.63) is 29.8 Å². The Morgan fingerprint density at radius 1 is 1.35 bits per heavy atom. The van der Waals surface area contributed by atoms with E-state index in [2.05, 4.69) is 0 Å². The molecule has 1 atom stereocenters. The zero-order valence-corrected chi connectivity index (χ0v) is 10.1. The van der Waals surface area contributed by atoms with Gasteiger partial charge in [0.1, 0.15) is 11.8 Å². The van der Waals surface area contributed by atoms with Crippen LogP contribution in [0.1, 0.15) is 24.8 Å². The molecule has 1 aromatic rings. The second-order valence-electron chi connectivity index (χ2n) is 4.04. The van der Waals surface area contributed by atoms with Gasteiger partial charge in [-0.1, -0.05) is 18.6 Å². The van der Waals surface area contributed by atoms with Gasteiger partial charge in [0.2, 0.25) is 0 Å². The van der Waals surface area contributed by atoms with Crippen LogP contribution >= 0.6 is 0 Å². The van der Waals surface area contributed by atoms with Crippen LogP contribution in [0.2, 0.25) is 0 Å². The summed E-state index contributed by atoms with van der Waals surface area (Å²) in [4.78, 5) is 10.5. The van der Waals surface area contributed by atoms with Gasteiger partial charge in [-0.3, -0.25) is 4.79 Å². The molecule has 1 aromatic carbocycles. The normalized spacial score (nSPS) is 12.1. The molecule has 0 saturated heterocycles. The number of aryl methyl sites for hydroxylation is 1. The molecule has 0 bridgehead atoms. The summed E-state index contributed by atoms with van der Waals surface area (Å²) in [5.74, 6) is -0.0731. The smallest absolute Gasteiger partial charge is 0.320 e. The molecule has 0 unspecified atom stereocenters. The minimum absolute atomic E-state index is 0.533. The number of hydrogen-bond acceptors (Lipinski definition) is 3. The molecule has 17 heavy (non-hydrogen) atoms. The molecule has 0 amide bonds. The van der Waals surface area contributed by atoms with Gasteiger partial charge in [-0.25, -0.2) is 0 Å². The quantitative estimate of drug-likeness (QED) is 0.709. The maximum atomic E-state index is 10.5. The Kier molecular flexibility index (Phi) is 5.49. The average molecular weight is 237 g/mol. The van der Waals surface area contributed by atoms with Gasteiger partial charge < -0.3 is 15.6 Å². The molecule has 0 aliphatic carbocycles. The number of aliphatic carboxylic acids is 1. The van der Waals surface area contributed by atoms with Crippen LogP contribution in [-0.4, -0.2) is 24.2 Å². The number of methoxy groups -OCH3 is 1. The molecule has 0 aromatic heterocycles. The predicted molar refractivity (Wildman–Crippen MR) is 66.2 cm³/mol. The predicted octanol–water partition coefficient (Wildman–Crippen LogP) is 1.82. The van der Waals surface area contributed by atoms with Crippen LogP contribution < -0.4 is 10.5 Å². The van der Waals surface area contributed by atoms with Gasteiger partial charge in [-0.15, -0.1) is 0 Å². The van der Waals surface area contributed by atoms with E-state index in [1.807, 2.05) is 24.3 Å². The highest BCUT2D eigenvalue weighted by Gasteiger charge is 2.09. The Labute approximate surface area is 101 Å². The van der Waals surface area contributed by atoms with E-state index in [1.165, 1.54) is 5.56 Å². The summed E-state index contributed by atoms with van der Waals surface area (Å²) in [7, 11) is 1.64. The maximum absolute atomic E-state index is 10.5. The van der Waals surface area contributed by atoms with Crippen LogP contribution in [0.25, 0.3) is 0 Å². The molecular weight excluding hydrogens is 218 g/mol. The molecule has 0 saturated carbocycles. The first-order valence-electron chi connectivity index (χ1n) is 5.75. The van der Waals surface area contributed by atoms with E-state index >= 15 is 0 Å². The van der Waals surface area contributed by atoms with Crippen molar-refractivity contribution in [1.82, 2.24) is 0 Å². The molecule has 0 radical (unpaired) electrons. The average Bonchev–Trinajstić information content (AvgIpc) is 2.35. The minimum atomic E-state index is -0.922. The van der Waals surface area contributed by atoms with E-state index in [-0.39, 0.29) is 0 Å². The number of benzene rings is 1. The van der Waals surface area contributed by atoms with Crippen molar-refractivity contribution in [3.8, 4) is 5.75 Å². The van der Waals surface area contributed by atoms with Crippen LogP contribution in [0.4, 0.5) is 0 Å². The first-order valence-corrected chi connectivity index (χ1v) is 5.75. The topological polar surface area (TPSA) is 72.5 Å². The van der Waals surface area contributed by atoms with Gasteiger partial charge in [0, 0.05) is 0 Å². The summed E-state index contributed by atoms with van der Waals surface area (Å²) in [5.41, 5.74) is 6.65. The lowest BCUT2D eigenvalue weighted by atomic mass is 10.0. The summed E-state index contributed by atoms with van der Waals surface area (Å²) in [6.07, 6.45) is 3.26. The van der Waals surface area contributed by atoms with Crippen molar-refractivity contribution >= 4 is 5.97 Å². The van der Waals surface area contributed by atoms with Gasteiger partial charge >= 0.3 is 5.97 Å². The molecule has 0 aliphatic rings. The summed E-state index contributed by atoms with van der Waals surface area (Å²) in [5, 5.41) is 8.62. The van der Waals surface area contributed by atoms with Crippen LogP contribution in [-0.2, 0) is 11.2 Å². The highest BCUT2D eigenvalue weighted by Crippen LogP contribution is 2.13. The summed E-state index contributed by atoms with van der Waals surface area (Å²) in [6.45, 7) is 0. The fourth-order valence-electron chi connectivity index (χ4n) is 1.61. The molecule has 0 heterocycles. The van der Waals surface area contributed by atoms with Crippen molar-refractivity contribution in [3.63, 3.8) is 0 Å². The summed E-state index contributed by atoms with van der Waals surface area (Å²) in [6, 6.07) is 7.17. The Balaban J connectivity index is 2.24. The Morgan fingerprint density at radius 2 is 2.00 bits per heavy atom. The molecule has 0 spiro atoms. The third-order valence-corrected chi connectivity index (χ3v) is 2.71. The summed E-state index contributed by atoms with van der Waals surface area (Å²) >= 11 is 0. The zero-order chi connectivity index (χ0) is 12.7. The summed E-state index contributed by atoms with van der Waals surface area (Å²) < 4.78 is 5.07. The number of carboxylic acids is 1. The van der Waals surface area contributed by atoms with Crippen LogP contribution in [0.3, 0.4) is 0 Å². The molecule has 4 heteroatoms. The minimum Gasteiger partial charge on any atom is -0.497 e. The lowest BCUT2D eigenvalue weighted by Crippen LogP contribution is -2.29. The van der Waals surface area contributed by atoms with Gasteiger partial charge in [0.25, 0.3) is 0 Å². The van der Waals surface area contributed by atoms with Crippen LogP contribution in [0, 0.1) is 0 Å². The number of carboxylic acid groups (broad SMARTS) is 1.